The minimum absolute atomic E-state index is 0.0943. The first-order valence-corrected chi connectivity index (χ1v) is 7.41. The number of benzene rings is 1. The predicted molar refractivity (Wildman–Crippen MR) is 86.0 cm³/mol. The van der Waals surface area contributed by atoms with Crippen LogP contribution in [0, 0.1) is 10.1 Å². The van der Waals surface area contributed by atoms with E-state index < -0.39 is 4.92 Å². The summed E-state index contributed by atoms with van der Waals surface area (Å²) in [5.41, 5.74) is 0.950. The average molecular weight is 303 g/mol. The molecule has 2 aromatic rings. The van der Waals surface area contributed by atoms with Crippen molar-refractivity contribution in [2.24, 2.45) is 0 Å². The number of furan rings is 1. The molecule has 0 radical (unpaired) electrons. The highest BCUT2D eigenvalue weighted by Gasteiger charge is 2.20. The lowest BCUT2D eigenvalue weighted by Crippen LogP contribution is -2.32. The largest absolute Gasteiger partial charge is 0.468 e. The van der Waals surface area contributed by atoms with Crippen molar-refractivity contribution in [2.75, 3.05) is 25.0 Å². The molecule has 0 spiro atoms. The first kappa shape index (κ1) is 16.0. The highest BCUT2D eigenvalue weighted by molar-refractivity contribution is 5.48. The Hall–Kier alpha value is -2.34. The van der Waals surface area contributed by atoms with Gasteiger partial charge in [-0.05, 0) is 37.4 Å². The number of nitro benzene ring substituents is 1. The summed E-state index contributed by atoms with van der Waals surface area (Å²) < 4.78 is 5.55. The Morgan fingerprint density at radius 2 is 1.91 bits per heavy atom. The van der Waals surface area contributed by atoms with Gasteiger partial charge in [0, 0.05) is 24.4 Å². The summed E-state index contributed by atoms with van der Waals surface area (Å²) in [4.78, 5) is 12.6. The number of rotatable bonds is 8. The van der Waals surface area contributed by atoms with Crippen molar-refractivity contribution in [1.82, 2.24) is 4.90 Å². The van der Waals surface area contributed by atoms with E-state index >= 15 is 0 Å². The minimum atomic E-state index is -0.397. The predicted octanol–water partition coefficient (Wildman–Crippen LogP) is 3.68. The van der Waals surface area contributed by atoms with Crippen molar-refractivity contribution in [2.45, 2.75) is 19.9 Å². The van der Waals surface area contributed by atoms with Crippen molar-refractivity contribution in [3.63, 3.8) is 0 Å². The van der Waals surface area contributed by atoms with Gasteiger partial charge in [-0.2, -0.15) is 0 Å². The van der Waals surface area contributed by atoms with E-state index in [0.29, 0.717) is 6.54 Å². The Morgan fingerprint density at radius 1 is 1.23 bits per heavy atom. The number of hydrogen-bond acceptors (Lipinski definition) is 5. The Bertz CT molecular complexity index is 577. The minimum Gasteiger partial charge on any atom is -0.468 e. The molecule has 1 heterocycles. The van der Waals surface area contributed by atoms with Crippen LogP contribution in [-0.2, 0) is 0 Å². The van der Waals surface area contributed by atoms with E-state index in [9.17, 15) is 10.1 Å². The quantitative estimate of drug-likeness (QED) is 0.595. The smallest absolute Gasteiger partial charge is 0.269 e. The van der Waals surface area contributed by atoms with E-state index in [1.54, 1.807) is 18.4 Å². The summed E-state index contributed by atoms with van der Waals surface area (Å²) in [6.07, 6.45) is 1.68. The van der Waals surface area contributed by atoms with Crippen molar-refractivity contribution in [3.8, 4) is 0 Å². The molecule has 2 rings (SSSR count). The molecule has 0 aliphatic heterocycles. The van der Waals surface area contributed by atoms with Crippen LogP contribution in [0.2, 0.25) is 0 Å². The molecule has 0 saturated heterocycles. The van der Waals surface area contributed by atoms with Crippen LogP contribution >= 0.6 is 0 Å². The van der Waals surface area contributed by atoms with Crippen molar-refractivity contribution >= 4 is 11.4 Å². The lowest BCUT2D eigenvalue weighted by Gasteiger charge is -2.28. The van der Waals surface area contributed by atoms with E-state index in [4.69, 9.17) is 4.42 Å². The van der Waals surface area contributed by atoms with E-state index in [0.717, 1.165) is 24.5 Å². The number of nitrogens with one attached hydrogen (secondary N) is 1. The SMILES string of the molecule is CCN(CC)C(CNc1ccc([N+](=O)[O-])cc1)c1ccco1. The second-order valence-corrected chi connectivity index (χ2v) is 4.94. The molecule has 0 aliphatic carbocycles. The number of nitro groups is 1. The van der Waals surface area contributed by atoms with Gasteiger partial charge < -0.3 is 9.73 Å². The second kappa shape index (κ2) is 7.61. The Kier molecular flexibility index (Phi) is 5.55. The fourth-order valence-electron chi connectivity index (χ4n) is 2.47. The molecule has 0 saturated carbocycles. The van der Waals surface area contributed by atoms with Gasteiger partial charge in [-0.25, -0.2) is 0 Å². The second-order valence-electron chi connectivity index (χ2n) is 4.94. The van der Waals surface area contributed by atoms with Crippen molar-refractivity contribution in [1.29, 1.82) is 0 Å². The van der Waals surface area contributed by atoms with Gasteiger partial charge in [-0.15, -0.1) is 0 Å². The van der Waals surface area contributed by atoms with Gasteiger partial charge in [0.25, 0.3) is 5.69 Å². The van der Waals surface area contributed by atoms with Gasteiger partial charge in [0.15, 0.2) is 0 Å². The zero-order valence-corrected chi connectivity index (χ0v) is 12.9. The highest BCUT2D eigenvalue weighted by Crippen LogP contribution is 2.22. The zero-order chi connectivity index (χ0) is 15.9. The van der Waals surface area contributed by atoms with Crippen LogP contribution < -0.4 is 5.32 Å². The first-order valence-electron chi connectivity index (χ1n) is 7.41. The Labute approximate surface area is 129 Å². The molecule has 118 valence electrons. The highest BCUT2D eigenvalue weighted by atomic mass is 16.6. The summed E-state index contributed by atoms with van der Waals surface area (Å²) >= 11 is 0. The van der Waals surface area contributed by atoms with Gasteiger partial charge in [0.05, 0.1) is 17.2 Å². The topological polar surface area (TPSA) is 71.5 Å². The molecule has 1 aromatic heterocycles. The molecule has 0 bridgehead atoms. The first-order chi connectivity index (χ1) is 10.7. The third kappa shape index (κ3) is 3.85. The van der Waals surface area contributed by atoms with Gasteiger partial charge in [0.2, 0.25) is 0 Å². The van der Waals surface area contributed by atoms with Gasteiger partial charge >= 0.3 is 0 Å². The lowest BCUT2D eigenvalue weighted by atomic mass is 10.1. The molecule has 6 heteroatoms. The summed E-state index contributed by atoms with van der Waals surface area (Å²) in [7, 11) is 0. The van der Waals surface area contributed by atoms with E-state index in [1.165, 1.54) is 12.1 Å². The summed E-state index contributed by atoms with van der Waals surface area (Å²) in [6, 6.07) is 10.4. The van der Waals surface area contributed by atoms with Crippen molar-refractivity contribution in [3.05, 3.63) is 58.5 Å². The number of nitrogens with zero attached hydrogens (tertiary/aromatic N) is 2. The van der Waals surface area contributed by atoms with Crippen LogP contribution in [0.25, 0.3) is 0 Å². The fourth-order valence-corrected chi connectivity index (χ4v) is 2.47. The molecule has 1 aromatic carbocycles. The molecular formula is C16H21N3O3. The Morgan fingerprint density at radius 3 is 2.41 bits per heavy atom. The average Bonchev–Trinajstić information content (AvgIpc) is 3.06. The molecule has 1 N–H and O–H groups in total. The van der Waals surface area contributed by atoms with Crippen LogP contribution in [0.1, 0.15) is 25.6 Å². The van der Waals surface area contributed by atoms with Crippen LogP contribution in [0.15, 0.2) is 47.1 Å². The number of likely N-dealkylation sites (N-methyl/N-ethyl adjacent to an activating group) is 1. The lowest BCUT2D eigenvalue weighted by molar-refractivity contribution is -0.384. The Balaban J connectivity index is 2.06. The van der Waals surface area contributed by atoms with Gasteiger partial charge in [-0.3, -0.25) is 15.0 Å². The maximum absolute atomic E-state index is 10.7. The molecule has 1 unspecified atom stereocenters. The monoisotopic (exact) mass is 303 g/mol. The number of anilines is 1. The van der Waals surface area contributed by atoms with E-state index in [1.807, 2.05) is 12.1 Å². The summed E-state index contributed by atoms with van der Waals surface area (Å²) in [5.74, 6) is 0.915. The normalized spacial score (nSPS) is 12.3. The maximum Gasteiger partial charge on any atom is 0.269 e. The molecule has 6 nitrogen and oxygen atoms in total. The molecule has 1 atom stereocenters. The molecule has 0 fully saturated rings. The molecule has 22 heavy (non-hydrogen) atoms. The maximum atomic E-state index is 10.7. The fraction of sp³-hybridized carbons (Fsp3) is 0.375. The van der Waals surface area contributed by atoms with Crippen LogP contribution in [-0.4, -0.2) is 29.5 Å². The van der Waals surface area contributed by atoms with Gasteiger partial charge in [-0.1, -0.05) is 13.8 Å². The number of non-ortho nitro benzene ring substituents is 1. The van der Waals surface area contributed by atoms with Crippen molar-refractivity contribution < 1.29 is 9.34 Å². The summed E-state index contributed by atoms with van der Waals surface area (Å²) in [6.45, 7) is 6.75. The zero-order valence-electron chi connectivity index (χ0n) is 12.9. The van der Waals surface area contributed by atoms with Gasteiger partial charge in [0.1, 0.15) is 5.76 Å². The van der Waals surface area contributed by atoms with E-state index in [2.05, 4.69) is 24.1 Å². The molecular weight excluding hydrogens is 282 g/mol. The van der Waals surface area contributed by atoms with Crippen LogP contribution in [0.4, 0.5) is 11.4 Å². The summed E-state index contributed by atoms with van der Waals surface area (Å²) in [5, 5.41) is 14.0. The van der Waals surface area contributed by atoms with E-state index in [-0.39, 0.29) is 11.7 Å². The molecule has 0 aliphatic rings. The third-order valence-electron chi connectivity index (χ3n) is 3.70. The standard InChI is InChI=1S/C16H21N3O3/c1-3-18(4-2)15(16-6-5-11-22-16)12-17-13-7-9-14(10-8-13)19(20)21/h5-11,15,17H,3-4,12H2,1-2H3. The molecule has 0 amide bonds. The third-order valence-corrected chi connectivity index (χ3v) is 3.70. The van der Waals surface area contributed by atoms with Crippen LogP contribution in [0.5, 0.6) is 0 Å². The number of hydrogen-bond donors (Lipinski definition) is 1. The van der Waals surface area contributed by atoms with Crippen LogP contribution in [0.3, 0.4) is 0 Å².